The second-order valence-electron chi connectivity index (χ2n) is 6.79. The van der Waals surface area contributed by atoms with Crippen LogP contribution in [0.4, 0.5) is 5.69 Å². The number of halogens is 1. The number of imidazole rings is 1. The van der Waals surface area contributed by atoms with Gasteiger partial charge in [-0.05, 0) is 65.2 Å². The van der Waals surface area contributed by atoms with Gasteiger partial charge in [0.05, 0.1) is 22.4 Å². The third kappa shape index (κ3) is 3.41. The number of aromatic nitrogens is 4. The van der Waals surface area contributed by atoms with Crippen LogP contribution in [0.3, 0.4) is 0 Å². The van der Waals surface area contributed by atoms with E-state index in [9.17, 15) is 19.5 Å². The molecule has 0 aliphatic heterocycles. The lowest BCUT2D eigenvalue weighted by Gasteiger charge is -2.11. The molecule has 9 nitrogen and oxygen atoms in total. The number of rotatable bonds is 3. The van der Waals surface area contributed by atoms with Crippen LogP contribution in [0.15, 0.2) is 54.2 Å². The number of hydrogen-bond acceptors (Lipinski definition) is 5. The molecule has 0 radical (unpaired) electrons. The summed E-state index contributed by atoms with van der Waals surface area (Å²) in [6.07, 6.45) is 1.17. The number of aromatic amines is 3. The Morgan fingerprint density at radius 3 is 2.40 bits per heavy atom. The lowest BCUT2D eigenvalue weighted by atomic mass is 10.1. The number of fused-ring (bicyclic) bond motifs is 1. The van der Waals surface area contributed by atoms with Gasteiger partial charge in [-0.3, -0.25) is 14.8 Å². The molecule has 0 atom stereocenters. The highest BCUT2D eigenvalue weighted by molar-refractivity contribution is 9.10. The van der Waals surface area contributed by atoms with Crippen LogP contribution in [0.5, 0.6) is 5.88 Å². The summed E-state index contributed by atoms with van der Waals surface area (Å²) in [5.74, 6) is -0.525. The number of aryl methyl sites for hydroxylation is 2. The topological polar surface area (TPSA) is 136 Å². The van der Waals surface area contributed by atoms with E-state index < -0.39 is 17.1 Å². The third-order valence-corrected chi connectivity index (χ3v) is 5.42. The molecule has 0 spiro atoms. The van der Waals surface area contributed by atoms with Crippen molar-refractivity contribution in [3.8, 4) is 11.6 Å². The first-order chi connectivity index (χ1) is 14.2. The molecule has 4 N–H and O–H groups in total. The lowest BCUT2D eigenvalue weighted by Crippen LogP contribution is -2.31. The van der Waals surface area contributed by atoms with E-state index in [0.29, 0.717) is 26.9 Å². The Bertz CT molecular complexity index is 1510. The van der Waals surface area contributed by atoms with Crippen LogP contribution in [-0.2, 0) is 0 Å². The Labute approximate surface area is 176 Å². The van der Waals surface area contributed by atoms with Crippen LogP contribution >= 0.6 is 15.9 Å². The molecule has 0 aliphatic rings. The summed E-state index contributed by atoms with van der Waals surface area (Å²) >= 11 is 3.36. The van der Waals surface area contributed by atoms with Crippen molar-refractivity contribution >= 4 is 38.9 Å². The fourth-order valence-electron chi connectivity index (χ4n) is 3.04. The van der Waals surface area contributed by atoms with Crippen LogP contribution in [0.25, 0.3) is 16.7 Å². The Morgan fingerprint density at radius 1 is 1.00 bits per heavy atom. The van der Waals surface area contributed by atoms with Gasteiger partial charge < -0.3 is 15.1 Å². The van der Waals surface area contributed by atoms with Gasteiger partial charge in [0.15, 0.2) is 0 Å². The van der Waals surface area contributed by atoms with Gasteiger partial charge in [-0.1, -0.05) is 6.07 Å². The van der Waals surface area contributed by atoms with E-state index in [4.69, 9.17) is 0 Å². The SMILES string of the molecule is Cc1ccc(-n2c(O)c(C=Nc3cc4[nH]c(=O)[nH]c4cc3Br)c(=O)[nH]c2=O)cc1C. The molecule has 2 heterocycles. The molecule has 0 aliphatic carbocycles. The first kappa shape index (κ1) is 19.6. The van der Waals surface area contributed by atoms with Crippen LogP contribution in [0, 0.1) is 13.8 Å². The van der Waals surface area contributed by atoms with Gasteiger partial charge in [-0.15, -0.1) is 0 Å². The summed E-state index contributed by atoms with van der Waals surface area (Å²) in [4.78, 5) is 47.8. The number of benzene rings is 2. The van der Waals surface area contributed by atoms with Gasteiger partial charge in [0, 0.05) is 10.7 Å². The molecule has 4 rings (SSSR count). The molecule has 30 heavy (non-hydrogen) atoms. The highest BCUT2D eigenvalue weighted by Crippen LogP contribution is 2.29. The van der Waals surface area contributed by atoms with Crippen LogP contribution < -0.4 is 16.9 Å². The molecule has 10 heteroatoms. The summed E-state index contributed by atoms with van der Waals surface area (Å²) < 4.78 is 1.58. The smallest absolute Gasteiger partial charge is 0.335 e. The van der Waals surface area contributed by atoms with Crippen LogP contribution in [0.2, 0.25) is 0 Å². The van der Waals surface area contributed by atoms with Gasteiger partial charge in [0.1, 0.15) is 5.56 Å². The molecule has 4 aromatic rings. The first-order valence-electron chi connectivity index (χ1n) is 8.86. The van der Waals surface area contributed by atoms with Crippen molar-refractivity contribution in [1.29, 1.82) is 0 Å². The zero-order valence-corrected chi connectivity index (χ0v) is 17.5. The summed E-state index contributed by atoms with van der Waals surface area (Å²) in [5.41, 5.74) is 1.86. The number of hydrogen-bond donors (Lipinski definition) is 4. The highest BCUT2D eigenvalue weighted by Gasteiger charge is 2.15. The molecule has 0 fully saturated rings. The fraction of sp³-hybridized carbons (Fsp3) is 0.100. The van der Waals surface area contributed by atoms with Crippen molar-refractivity contribution in [2.75, 3.05) is 0 Å². The Kier molecular flexibility index (Phi) is 4.78. The van der Waals surface area contributed by atoms with Crippen molar-refractivity contribution in [2.24, 2.45) is 4.99 Å². The summed E-state index contributed by atoms with van der Waals surface area (Å²) in [6, 6.07) is 8.51. The summed E-state index contributed by atoms with van der Waals surface area (Å²) in [6.45, 7) is 3.81. The maximum atomic E-state index is 12.3. The van der Waals surface area contributed by atoms with Gasteiger partial charge >= 0.3 is 11.4 Å². The minimum Gasteiger partial charge on any atom is -0.493 e. The zero-order chi connectivity index (χ0) is 21.6. The molecule has 2 aromatic carbocycles. The standard InChI is InChI=1S/C20H16BrN5O4/c1-9-3-4-11(5-10(9)2)26-18(28)12(17(27)25-20(26)30)8-22-14-7-16-15(6-13(14)21)23-19(29)24-16/h3-8,28H,1-2H3,(H2,23,24,29)(H,25,27,30). The molecule has 0 saturated carbocycles. The van der Waals surface area contributed by atoms with Crippen molar-refractivity contribution in [1.82, 2.24) is 19.5 Å². The number of aliphatic imine (C=N–C) groups is 1. The van der Waals surface area contributed by atoms with E-state index in [1.165, 1.54) is 6.21 Å². The quantitative estimate of drug-likeness (QED) is 0.342. The Hall–Kier alpha value is -3.66. The monoisotopic (exact) mass is 469 g/mol. The minimum atomic E-state index is -0.770. The predicted molar refractivity (Wildman–Crippen MR) is 118 cm³/mol. The average Bonchev–Trinajstić information content (AvgIpc) is 3.02. The van der Waals surface area contributed by atoms with Crippen LogP contribution in [0.1, 0.15) is 16.7 Å². The number of nitrogens with zero attached hydrogens (tertiary/aromatic N) is 2. The molecule has 152 valence electrons. The second-order valence-corrected chi connectivity index (χ2v) is 7.64. The molecule has 2 aromatic heterocycles. The van der Waals surface area contributed by atoms with Gasteiger partial charge in [0.2, 0.25) is 5.88 Å². The number of aromatic hydroxyl groups is 1. The van der Waals surface area contributed by atoms with E-state index in [0.717, 1.165) is 15.7 Å². The molecule has 0 amide bonds. The second kappa shape index (κ2) is 7.30. The normalized spacial score (nSPS) is 11.6. The third-order valence-electron chi connectivity index (χ3n) is 4.79. The van der Waals surface area contributed by atoms with Crippen molar-refractivity contribution in [2.45, 2.75) is 13.8 Å². The molecule has 0 saturated heterocycles. The first-order valence-corrected chi connectivity index (χ1v) is 9.65. The van der Waals surface area contributed by atoms with Gasteiger partial charge in [0.25, 0.3) is 5.56 Å². The molecular weight excluding hydrogens is 454 g/mol. The summed E-state index contributed by atoms with van der Waals surface area (Å²) in [5, 5.41) is 10.7. The van der Waals surface area contributed by atoms with E-state index in [1.807, 2.05) is 19.9 Å². The number of nitrogens with one attached hydrogen (secondary N) is 3. The Morgan fingerprint density at radius 2 is 1.70 bits per heavy atom. The largest absolute Gasteiger partial charge is 0.493 e. The molecule has 0 bridgehead atoms. The maximum absolute atomic E-state index is 12.3. The van der Waals surface area contributed by atoms with E-state index >= 15 is 0 Å². The Balaban J connectivity index is 1.84. The zero-order valence-electron chi connectivity index (χ0n) is 15.9. The fourth-order valence-corrected chi connectivity index (χ4v) is 3.48. The average molecular weight is 470 g/mol. The maximum Gasteiger partial charge on any atom is 0.335 e. The van der Waals surface area contributed by atoms with E-state index in [1.54, 1.807) is 24.3 Å². The molecule has 0 unspecified atom stereocenters. The molecular formula is C20H16BrN5O4. The number of H-pyrrole nitrogens is 3. The van der Waals surface area contributed by atoms with Crippen molar-refractivity contribution in [3.05, 3.63) is 82.8 Å². The van der Waals surface area contributed by atoms with Gasteiger partial charge in [-0.25, -0.2) is 14.2 Å². The van der Waals surface area contributed by atoms with Crippen molar-refractivity contribution < 1.29 is 5.11 Å². The van der Waals surface area contributed by atoms with Crippen molar-refractivity contribution in [3.63, 3.8) is 0 Å². The summed E-state index contributed by atoms with van der Waals surface area (Å²) in [7, 11) is 0. The van der Waals surface area contributed by atoms with E-state index in [2.05, 4.69) is 35.9 Å². The van der Waals surface area contributed by atoms with Gasteiger partial charge in [-0.2, -0.15) is 0 Å². The predicted octanol–water partition coefficient (Wildman–Crippen LogP) is 2.53. The highest BCUT2D eigenvalue weighted by atomic mass is 79.9. The van der Waals surface area contributed by atoms with E-state index in [-0.39, 0.29) is 11.3 Å². The minimum absolute atomic E-state index is 0.178. The van der Waals surface area contributed by atoms with Crippen LogP contribution in [-0.4, -0.2) is 30.8 Å². The lowest BCUT2D eigenvalue weighted by molar-refractivity contribution is 0.430.